The van der Waals surface area contributed by atoms with Gasteiger partial charge in [0.1, 0.15) is 0 Å². The SMILES string of the molecule is CCCNCCCNCc1csc(I)c1. The van der Waals surface area contributed by atoms with Gasteiger partial charge in [-0.15, -0.1) is 11.3 Å². The molecule has 2 N–H and O–H groups in total. The maximum absolute atomic E-state index is 3.46. The Morgan fingerprint density at radius 1 is 1.27 bits per heavy atom. The minimum Gasteiger partial charge on any atom is -0.317 e. The van der Waals surface area contributed by atoms with E-state index in [0.717, 1.165) is 26.2 Å². The van der Waals surface area contributed by atoms with E-state index in [1.54, 1.807) is 0 Å². The van der Waals surface area contributed by atoms with Crippen molar-refractivity contribution in [1.82, 2.24) is 10.6 Å². The van der Waals surface area contributed by atoms with Crippen LogP contribution in [0.1, 0.15) is 25.3 Å². The van der Waals surface area contributed by atoms with Gasteiger partial charge in [-0.1, -0.05) is 6.92 Å². The van der Waals surface area contributed by atoms with Gasteiger partial charge in [0.25, 0.3) is 0 Å². The molecule has 0 aliphatic rings. The lowest BCUT2D eigenvalue weighted by Gasteiger charge is -2.04. The molecule has 0 spiro atoms. The van der Waals surface area contributed by atoms with Crippen molar-refractivity contribution in [2.75, 3.05) is 19.6 Å². The van der Waals surface area contributed by atoms with Crippen LogP contribution >= 0.6 is 33.9 Å². The van der Waals surface area contributed by atoms with E-state index >= 15 is 0 Å². The Bertz CT molecular complexity index is 263. The molecule has 4 heteroatoms. The third-order valence-corrected chi connectivity index (χ3v) is 3.92. The molecule has 0 saturated heterocycles. The van der Waals surface area contributed by atoms with Gasteiger partial charge in [0.2, 0.25) is 0 Å². The van der Waals surface area contributed by atoms with E-state index in [2.05, 4.69) is 51.6 Å². The van der Waals surface area contributed by atoms with Crippen molar-refractivity contribution in [3.8, 4) is 0 Å². The number of rotatable bonds is 8. The third kappa shape index (κ3) is 6.50. The fraction of sp³-hybridized carbons (Fsp3) is 0.636. The highest BCUT2D eigenvalue weighted by Gasteiger charge is 1.95. The Balaban J connectivity index is 1.93. The topological polar surface area (TPSA) is 24.1 Å². The van der Waals surface area contributed by atoms with Crippen LogP contribution in [0.4, 0.5) is 0 Å². The molecule has 0 unspecified atom stereocenters. The van der Waals surface area contributed by atoms with Crippen LogP contribution in [-0.4, -0.2) is 19.6 Å². The van der Waals surface area contributed by atoms with E-state index in [9.17, 15) is 0 Å². The van der Waals surface area contributed by atoms with Crippen LogP contribution in [0.25, 0.3) is 0 Å². The largest absolute Gasteiger partial charge is 0.317 e. The second-order valence-corrected chi connectivity index (χ2v) is 6.34. The lowest BCUT2D eigenvalue weighted by molar-refractivity contribution is 0.592. The van der Waals surface area contributed by atoms with E-state index < -0.39 is 0 Å². The van der Waals surface area contributed by atoms with E-state index in [4.69, 9.17) is 0 Å². The molecule has 0 fully saturated rings. The Kier molecular flexibility index (Phi) is 7.60. The first-order valence-corrected chi connectivity index (χ1v) is 7.43. The summed E-state index contributed by atoms with van der Waals surface area (Å²) < 4.78 is 1.37. The third-order valence-electron chi connectivity index (χ3n) is 2.08. The van der Waals surface area contributed by atoms with Gasteiger partial charge >= 0.3 is 0 Å². The van der Waals surface area contributed by atoms with E-state index in [1.807, 2.05) is 11.3 Å². The molecule has 1 rings (SSSR count). The molecule has 1 heterocycles. The molecule has 15 heavy (non-hydrogen) atoms. The molecule has 86 valence electrons. The monoisotopic (exact) mass is 338 g/mol. The maximum Gasteiger partial charge on any atom is 0.0656 e. The van der Waals surface area contributed by atoms with Crippen molar-refractivity contribution in [3.63, 3.8) is 0 Å². The lowest BCUT2D eigenvalue weighted by atomic mass is 10.3. The molecule has 0 aromatic carbocycles. The predicted octanol–water partition coefficient (Wildman–Crippen LogP) is 2.83. The van der Waals surface area contributed by atoms with Crippen molar-refractivity contribution < 1.29 is 0 Å². The van der Waals surface area contributed by atoms with Crippen LogP contribution in [0.2, 0.25) is 0 Å². The molecule has 0 bridgehead atoms. The first kappa shape index (κ1) is 13.4. The summed E-state index contributed by atoms with van der Waals surface area (Å²) in [7, 11) is 0. The summed E-state index contributed by atoms with van der Waals surface area (Å²) in [6.45, 7) is 6.57. The van der Waals surface area contributed by atoms with Gasteiger partial charge in [0, 0.05) is 6.54 Å². The Morgan fingerprint density at radius 2 is 2.07 bits per heavy atom. The second kappa shape index (κ2) is 8.50. The van der Waals surface area contributed by atoms with Gasteiger partial charge in [-0.25, -0.2) is 0 Å². The molecule has 2 nitrogen and oxygen atoms in total. The van der Waals surface area contributed by atoms with Crippen molar-refractivity contribution in [3.05, 3.63) is 19.9 Å². The first-order chi connectivity index (χ1) is 7.33. The Hall–Kier alpha value is 0.350. The molecule has 0 aliphatic carbocycles. The molecule has 1 aromatic heterocycles. The number of hydrogen-bond donors (Lipinski definition) is 2. The summed E-state index contributed by atoms with van der Waals surface area (Å²) >= 11 is 4.18. The quantitative estimate of drug-likeness (QED) is 0.563. The molecule has 0 amide bonds. The van der Waals surface area contributed by atoms with Crippen LogP contribution in [0.5, 0.6) is 0 Å². The van der Waals surface area contributed by atoms with Crippen molar-refractivity contribution in [1.29, 1.82) is 0 Å². The summed E-state index contributed by atoms with van der Waals surface area (Å²) in [5.41, 5.74) is 1.41. The number of hydrogen-bond acceptors (Lipinski definition) is 3. The van der Waals surface area contributed by atoms with E-state index in [1.165, 1.54) is 21.3 Å². The van der Waals surface area contributed by atoms with Crippen molar-refractivity contribution >= 4 is 33.9 Å². The number of halogens is 1. The summed E-state index contributed by atoms with van der Waals surface area (Å²) in [5.74, 6) is 0. The summed E-state index contributed by atoms with van der Waals surface area (Å²) in [5, 5.41) is 9.08. The minimum absolute atomic E-state index is 1.01. The molecule has 1 aromatic rings. The zero-order chi connectivity index (χ0) is 10.9. The zero-order valence-corrected chi connectivity index (χ0v) is 12.2. The fourth-order valence-corrected chi connectivity index (χ4v) is 2.73. The lowest BCUT2D eigenvalue weighted by Crippen LogP contribution is -2.22. The van der Waals surface area contributed by atoms with Crippen LogP contribution in [0, 0.1) is 2.88 Å². The first-order valence-electron chi connectivity index (χ1n) is 5.47. The highest BCUT2D eigenvalue weighted by molar-refractivity contribution is 14.1. The summed E-state index contributed by atoms with van der Waals surface area (Å²) in [6.07, 6.45) is 2.43. The normalized spacial score (nSPS) is 10.8. The van der Waals surface area contributed by atoms with Crippen molar-refractivity contribution in [2.24, 2.45) is 0 Å². The predicted molar refractivity (Wildman–Crippen MR) is 76.5 cm³/mol. The average molecular weight is 338 g/mol. The van der Waals surface area contributed by atoms with Gasteiger partial charge in [-0.05, 0) is 72.1 Å². The van der Waals surface area contributed by atoms with Gasteiger partial charge in [-0.3, -0.25) is 0 Å². The average Bonchev–Trinajstić information content (AvgIpc) is 2.63. The van der Waals surface area contributed by atoms with Gasteiger partial charge in [0.05, 0.1) is 2.88 Å². The van der Waals surface area contributed by atoms with E-state index in [-0.39, 0.29) is 0 Å². The molecule has 0 aliphatic heterocycles. The van der Waals surface area contributed by atoms with Crippen LogP contribution in [0.15, 0.2) is 11.4 Å². The highest BCUT2D eigenvalue weighted by Crippen LogP contribution is 2.16. The Labute approximate surface area is 110 Å². The molecule has 0 radical (unpaired) electrons. The molecule has 0 atom stereocenters. The zero-order valence-electron chi connectivity index (χ0n) is 9.18. The van der Waals surface area contributed by atoms with Gasteiger partial charge in [-0.2, -0.15) is 0 Å². The van der Waals surface area contributed by atoms with Crippen LogP contribution < -0.4 is 10.6 Å². The van der Waals surface area contributed by atoms with E-state index in [0.29, 0.717) is 0 Å². The number of thiophene rings is 1. The van der Waals surface area contributed by atoms with Crippen LogP contribution in [-0.2, 0) is 6.54 Å². The standard InChI is InChI=1S/C11H19IN2S/c1-2-4-13-5-3-6-14-8-10-7-11(12)15-9-10/h7,9,13-14H,2-6,8H2,1H3. The minimum atomic E-state index is 1.01. The maximum atomic E-state index is 3.46. The summed E-state index contributed by atoms with van der Waals surface area (Å²) in [6, 6.07) is 2.24. The van der Waals surface area contributed by atoms with Crippen LogP contribution in [0.3, 0.4) is 0 Å². The molecular formula is C11H19IN2S. The Morgan fingerprint density at radius 3 is 2.73 bits per heavy atom. The molecular weight excluding hydrogens is 319 g/mol. The second-order valence-electron chi connectivity index (χ2n) is 3.54. The smallest absolute Gasteiger partial charge is 0.0656 e. The molecule has 0 saturated carbocycles. The fourth-order valence-electron chi connectivity index (χ4n) is 1.31. The van der Waals surface area contributed by atoms with Crippen molar-refractivity contribution in [2.45, 2.75) is 26.3 Å². The van der Waals surface area contributed by atoms with Gasteiger partial charge < -0.3 is 10.6 Å². The highest BCUT2D eigenvalue weighted by atomic mass is 127. The van der Waals surface area contributed by atoms with Gasteiger partial charge in [0.15, 0.2) is 0 Å². The number of nitrogens with one attached hydrogen (secondary N) is 2. The summed E-state index contributed by atoms with van der Waals surface area (Å²) in [4.78, 5) is 0.